The van der Waals surface area contributed by atoms with Crippen molar-refractivity contribution in [2.24, 2.45) is 11.8 Å². The van der Waals surface area contributed by atoms with Gasteiger partial charge in [-0.1, -0.05) is 48.6 Å². The van der Waals surface area contributed by atoms with Crippen molar-refractivity contribution in [3.63, 3.8) is 0 Å². The molecule has 1 aliphatic heterocycles. The third-order valence-corrected chi connectivity index (χ3v) is 6.38. The van der Waals surface area contributed by atoms with E-state index >= 15 is 0 Å². The number of aliphatic hydroxyl groups is 1. The molecule has 0 amide bonds. The Balaban J connectivity index is 1.37. The molecule has 4 atom stereocenters. The van der Waals surface area contributed by atoms with Gasteiger partial charge in [-0.25, -0.2) is 4.79 Å². The number of carbonyl (C=O) groups excluding carboxylic acids is 1. The highest BCUT2D eigenvalue weighted by molar-refractivity contribution is 5.90. The predicted molar refractivity (Wildman–Crippen MR) is 128 cm³/mol. The lowest BCUT2D eigenvalue weighted by Gasteiger charge is -2.20. The number of esters is 1. The second-order valence-corrected chi connectivity index (χ2v) is 8.54. The Hall–Kier alpha value is -2.89. The van der Waals surface area contributed by atoms with Crippen LogP contribution >= 0.6 is 0 Å². The van der Waals surface area contributed by atoms with Gasteiger partial charge in [0.2, 0.25) is 0 Å². The van der Waals surface area contributed by atoms with Gasteiger partial charge in [0.05, 0.1) is 37.6 Å². The number of aliphatic hydroxyl groups excluding tert-OH is 1. The van der Waals surface area contributed by atoms with Gasteiger partial charge >= 0.3 is 5.97 Å². The number of fused-ring (bicyclic) bond motifs is 1. The first-order valence-electron chi connectivity index (χ1n) is 11.8. The highest BCUT2D eigenvalue weighted by Gasteiger charge is 2.42. The average Bonchev–Trinajstić information content (AvgIpc) is 2.99. The Morgan fingerprint density at radius 3 is 2.85 bits per heavy atom. The lowest BCUT2D eigenvalue weighted by atomic mass is 9.89. The zero-order chi connectivity index (χ0) is 23.0. The third kappa shape index (κ3) is 5.92. The van der Waals surface area contributed by atoms with Crippen LogP contribution in [0.4, 0.5) is 0 Å². The summed E-state index contributed by atoms with van der Waals surface area (Å²) < 4.78 is 17.1. The largest absolute Gasteiger partial charge is 0.493 e. The number of benzene rings is 2. The van der Waals surface area contributed by atoms with Gasteiger partial charge in [-0.15, -0.1) is 0 Å². The van der Waals surface area contributed by atoms with E-state index in [1.165, 1.54) is 0 Å². The smallest absolute Gasteiger partial charge is 0.338 e. The first-order valence-corrected chi connectivity index (χ1v) is 11.8. The maximum atomic E-state index is 12.1. The summed E-state index contributed by atoms with van der Waals surface area (Å²) in [7, 11) is 0. The van der Waals surface area contributed by atoms with E-state index in [1.807, 2.05) is 48.5 Å². The third-order valence-electron chi connectivity index (χ3n) is 6.38. The summed E-state index contributed by atoms with van der Waals surface area (Å²) in [6, 6.07) is 17.3. The van der Waals surface area contributed by atoms with E-state index in [2.05, 4.69) is 18.2 Å². The summed E-state index contributed by atoms with van der Waals surface area (Å²) in [5, 5.41) is 10.6. The van der Waals surface area contributed by atoms with Crippen LogP contribution in [0.15, 0.2) is 72.8 Å². The monoisotopic (exact) mass is 448 g/mol. The van der Waals surface area contributed by atoms with E-state index in [0.29, 0.717) is 31.8 Å². The number of ether oxygens (including phenoxy) is 3. The Labute approximate surface area is 195 Å². The summed E-state index contributed by atoms with van der Waals surface area (Å²) in [5.41, 5.74) is 2.60. The quantitative estimate of drug-likeness (QED) is 0.347. The topological polar surface area (TPSA) is 65.0 Å². The van der Waals surface area contributed by atoms with Gasteiger partial charge in [-0.3, -0.25) is 0 Å². The number of rotatable bonds is 8. The van der Waals surface area contributed by atoms with E-state index in [-0.39, 0.29) is 23.9 Å². The van der Waals surface area contributed by atoms with E-state index in [9.17, 15) is 9.90 Å². The molecule has 33 heavy (non-hydrogen) atoms. The van der Waals surface area contributed by atoms with Crippen molar-refractivity contribution < 1.29 is 24.1 Å². The molecule has 1 N–H and O–H groups in total. The Kier molecular flexibility index (Phi) is 7.97. The molecule has 0 unspecified atom stereocenters. The lowest BCUT2D eigenvalue weighted by Crippen LogP contribution is -2.21. The van der Waals surface area contributed by atoms with Crippen molar-refractivity contribution in [2.75, 3.05) is 19.8 Å². The lowest BCUT2D eigenvalue weighted by molar-refractivity contribution is 0.0469. The fraction of sp³-hybridized carbons (Fsp3) is 0.393. The van der Waals surface area contributed by atoms with Crippen LogP contribution in [0.25, 0.3) is 5.57 Å². The fourth-order valence-corrected chi connectivity index (χ4v) is 4.69. The maximum absolute atomic E-state index is 12.1. The van der Waals surface area contributed by atoms with E-state index in [4.69, 9.17) is 14.2 Å². The molecule has 1 fully saturated rings. The molecule has 0 aromatic heterocycles. The molecule has 2 aromatic carbocycles. The van der Waals surface area contributed by atoms with Crippen molar-refractivity contribution in [1.29, 1.82) is 0 Å². The number of hydrogen-bond acceptors (Lipinski definition) is 5. The molecule has 1 saturated carbocycles. The first kappa shape index (κ1) is 23.3. The van der Waals surface area contributed by atoms with Crippen LogP contribution in [0.2, 0.25) is 0 Å². The highest BCUT2D eigenvalue weighted by atomic mass is 16.5. The molecule has 174 valence electrons. The summed E-state index contributed by atoms with van der Waals surface area (Å²) in [5.74, 6) is 0.856. The fourth-order valence-electron chi connectivity index (χ4n) is 4.69. The van der Waals surface area contributed by atoms with E-state index in [1.54, 1.807) is 13.0 Å². The number of para-hydroxylation sites is 1. The van der Waals surface area contributed by atoms with E-state index < -0.39 is 6.10 Å². The molecule has 2 aromatic rings. The summed E-state index contributed by atoms with van der Waals surface area (Å²) >= 11 is 0. The summed E-state index contributed by atoms with van der Waals surface area (Å²) in [6.07, 6.45) is 8.33. The molecule has 0 spiro atoms. The van der Waals surface area contributed by atoms with Crippen molar-refractivity contribution in [3.05, 3.63) is 84.0 Å². The standard InChI is InChI=1S/C28H32O5/c1-2-31-28(30)21-10-8-9-20(17-21)22-14-15-25-24(26(29)18-27(25)33-19-22)13-6-7-16-32-23-11-4-3-5-12-23/h3-6,8-14,17,24-27,29H,2,7,15-16,18-19H2,1H3/b13-6+/t24-,25-,26-,27+/m1/s1. The van der Waals surface area contributed by atoms with Crippen LogP contribution in [0.1, 0.15) is 42.1 Å². The molecule has 4 rings (SSSR count). The predicted octanol–water partition coefficient (Wildman–Crippen LogP) is 5.06. The highest BCUT2D eigenvalue weighted by Crippen LogP contribution is 2.41. The van der Waals surface area contributed by atoms with Crippen LogP contribution < -0.4 is 4.74 Å². The Morgan fingerprint density at radius 1 is 1.18 bits per heavy atom. The molecule has 0 saturated heterocycles. The molecule has 0 bridgehead atoms. The van der Waals surface area contributed by atoms with Crippen molar-refractivity contribution in [1.82, 2.24) is 0 Å². The summed E-state index contributed by atoms with van der Waals surface area (Å²) in [6.45, 7) is 3.24. The van der Waals surface area contributed by atoms with Crippen LogP contribution in [0.3, 0.4) is 0 Å². The SMILES string of the molecule is CCOC(=O)c1cccc(C2=CC[C@@H]3[C@@H](/C=C/CCOc4ccccc4)[C@H](O)C[C@@H]3OC2)c1. The minimum atomic E-state index is -0.395. The van der Waals surface area contributed by atoms with Crippen LogP contribution in [0.5, 0.6) is 5.75 Å². The van der Waals surface area contributed by atoms with Gasteiger partial charge in [0.15, 0.2) is 0 Å². The molecular formula is C28H32O5. The molecule has 1 aliphatic carbocycles. The maximum Gasteiger partial charge on any atom is 0.338 e. The Morgan fingerprint density at radius 2 is 2.03 bits per heavy atom. The minimum absolute atomic E-state index is 0.0252. The zero-order valence-corrected chi connectivity index (χ0v) is 19.1. The average molecular weight is 449 g/mol. The normalized spacial score (nSPS) is 24.7. The second kappa shape index (κ2) is 11.3. The van der Waals surface area contributed by atoms with Crippen LogP contribution in [-0.4, -0.2) is 43.1 Å². The Bertz CT molecular complexity index is 981. The van der Waals surface area contributed by atoms with Gasteiger partial charge in [0, 0.05) is 12.3 Å². The number of carbonyl (C=O) groups is 1. The van der Waals surface area contributed by atoms with Gasteiger partial charge in [-0.2, -0.15) is 0 Å². The molecule has 5 heteroatoms. The van der Waals surface area contributed by atoms with Gasteiger partial charge in [0.25, 0.3) is 0 Å². The van der Waals surface area contributed by atoms with Crippen LogP contribution in [-0.2, 0) is 9.47 Å². The molecule has 1 heterocycles. The van der Waals surface area contributed by atoms with Gasteiger partial charge < -0.3 is 19.3 Å². The number of allylic oxidation sites excluding steroid dienone is 1. The summed E-state index contributed by atoms with van der Waals surface area (Å²) in [4.78, 5) is 12.1. The first-order chi connectivity index (χ1) is 16.2. The van der Waals surface area contributed by atoms with Crippen molar-refractivity contribution in [2.45, 2.75) is 38.4 Å². The molecule has 5 nitrogen and oxygen atoms in total. The molecule has 0 radical (unpaired) electrons. The minimum Gasteiger partial charge on any atom is -0.493 e. The second-order valence-electron chi connectivity index (χ2n) is 8.54. The van der Waals surface area contributed by atoms with E-state index in [0.717, 1.165) is 29.7 Å². The molecular weight excluding hydrogens is 416 g/mol. The van der Waals surface area contributed by atoms with Crippen LogP contribution in [0, 0.1) is 11.8 Å². The van der Waals surface area contributed by atoms with Crippen molar-refractivity contribution in [3.8, 4) is 5.75 Å². The number of hydrogen-bond donors (Lipinski definition) is 1. The van der Waals surface area contributed by atoms with Gasteiger partial charge in [0.1, 0.15) is 5.75 Å². The van der Waals surface area contributed by atoms with Gasteiger partial charge in [-0.05, 0) is 61.1 Å². The van der Waals surface area contributed by atoms with Crippen molar-refractivity contribution >= 4 is 11.5 Å². The zero-order valence-electron chi connectivity index (χ0n) is 19.1. The molecule has 2 aliphatic rings.